The Kier molecular flexibility index (Phi) is 8.05. The van der Waals surface area contributed by atoms with Crippen molar-refractivity contribution in [2.75, 3.05) is 0 Å². The molecule has 0 N–H and O–H groups in total. The van der Waals surface area contributed by atoms with Gasteiger partial charge in [0.25, 0.3) is 0 Å². The minimum Gasteiger partial charge on any atom is -0.101 e. The Bertz CT molecular complexity index is 1050. The summed E-state index contributed by atoms with van der Waals surface area (Å²) < 4.78 is 0. The highest BCUT2D eigenvalue weighted by atomic mass is 13.9. The first-order valence-electron chi connectivity index (χ1n) is 8.80. The van der Waals surface area contributed by atoms with Gasteiger partial charge in [-0.25, -0.2) is 0 Å². The number of hydrogen-bond donors (Lipinski definition) is 0. The van der Waals surface area contributed by atoms with Crippen LogP contribution in [0.25, 0.3) is 0 Å². The quantitative estimate of drug-likeness (QED) is 0.450. The SMILES string of the molecule is CC#Cc1cccc(C#Cc2cccc(C)c2)c1.CC#Cc1ccccc1. The van der Waals surface area contributed by atoms with Crippen LogP contribution in [0, 0.1) is 42.4 Å². The molecule has 3 aromatic carbocycles. The van der Waals surface area contributed by atoms with Crippen molar-refractivity contribution in [3.05, 3.63) is 107 Å². The summed E-state index contributed by atoms with van der Waals surface area (Å²) in [6.07, 6.45) is 0. The maximum absolute atomic E-state index is 3.17. The average Bonchev–Trinajstić information content (AvgIpc) is 2.69. The Balaban J connectivity index is 0.000000244. The molecule has 0 saturated heterocycles. The molecule has 0 bridgehead atoms. The van der Waals surface area contributed by atoms with E-state index in [-0.39, 0.29) is 0 Å². The first-order valence-corrected chi connectivity index (χ1v) is 8.80. The molecule has 0 heterocycles. The van der Waals surface area contributed by atoms with Gasteiger partial charge in [-0.15, -0.1) is 11.8 Å². The van der Waals surface area contributed by atoms with Crippen LogP contribution < -0.4 is 0 Å². The lowest BCUT2D eigenvalue weighted by atomic mass is 10.1. The topological polar surface area (TPSA) is 0 Å². The molecular formula is C27H22. The molecule has 130 valence electrons. The second-order valence-corrected chi connectivity index (χ2v) is 5.82. The van der Waals surface area contributed by atoms with Crippen molar-refractivity contribution < 1.29 is 0 Å². The molecule has 0 aliphatic carbocycles. The summed E-state index contributed by atoms with van der Waals surface area (Å²) in [5, 5.41) is 0. The minimum atomic E-state index is 0.997. The van der Waals surface area contributed by atoms with Gasteiger partial charge < -0.3 is 0 Å². The number of rotatable bonds is 0. The maximum atomic E-state index is 3.17. The summed E-state index contributed by atoms with van der Waals surface area (Å²) in [5.74, 6) is 18.1. The van der Waals surface area contributed by atoms with E-state index in [9.17, 15) is 0 Å². The second-order valence-electron chi connectivity index (χ2n) is 5.82. The molecule has 0 radical (unpaired) electrons. The van der Waals surface area contributed by atoms with Crippen LogP contribution in [0.15, 0.2) is 78.9 Å². The van der Waals surface area contributed by atoms with Gasteiger partial charge in [0.05, 0.1) is 0 Å². The average molecular weight is 346 g/mol. The number of hydrogen-bond acceptors (Lipinski definition) is 0. The Morgan fingerprint density at radius 1 is 0.481 bits per heavy atom. The molecule has 0 aliphatic heterocycles. The Morgan fingerprint density at radius 3 is 1.56 bits per heavy atom. The van der Waals surface area contributed by atoms with Crippen molar-refractivity contribution in [1.82, 2.24) is 0 Å². The minimum absolute atomic E-state index is 0.997. The van der Waals surface area contributed by atoms with E-state index in [1.54, 1.807) is 0 Å². The summed E-state index contributed by atoms with van der Waals surface area (Å²) in [6, 6.07) is 26.2. The van der Waals surface area contributed by atoms with E-state index in [4.69, 9.17) is 0 Å². The van der Waals surface area contributed by atoms with E-state index in [0.717, 1.165) is 22.3 Å². The van der Waals surface area contributed by atoms with Gasteiger partial charge in [0.2, 0.25) is 0 Å². The van der Waals surface area contributed by atoms with Gasteiger partial charge in [-0.05, 0) is 68.8 Å². The van der Waals surface area contributed by atoms with E-state index < -0.39 is 0 Å². The molecule has 0 unspecified atom stereocenters. The summed E-state index contributed by atoms with van der Waals surface area (Å²) in [5.41, 5.74) is 5.36. The van der Waals surface area contributed by atoms with Gasteiger partial charge in [-0.3, -0.25) is 0 Å². The van der Waals surface area contributed by atoms with Crippen LogP contribution in [0.2, 0.25) is 0 Å². The highest BCUT2D eigenvalue weighted by molar-refractivity contribution is 5.47. The fraction of sp³-hybridized carbons (Fsp3) is 0.111. The van der Waals surface area contributed by atoms with Crippen molar-refractivity contribution >= 4 is 0 Å². The Morgan fingerprint density at radius 2 is 0.963 bits per heavy atom. The fourth-order valence-corrected chi connectivity index (χ4v) is 2.35. The molecule has 0 amide bonds. The molecule has 0 nitrogen and oxygen atoms in total. The van der Waals surface area contributed by atoms with E-state index >= 15 is 0 Å². The van der Waals surface area contributed by atoms with E-state index in [2.05, 4.69) is 54.6 Å². The molecule has 0 aliphatic rings. The normalized spacial score (nSPS) is 8.41. The third-order valence-electron chi connectivity index (χ3n) is 3.54. The summed E-state index contributed by atoms with van der Waals surface area (Å²) in [4.78, 5) is 0. The van der Waals surface area contributed by atoms with Gasteiger partial charge >= 0.3 is 0 Å². The maximum Gasteiger partial charge on any atom is 0.0261 e. The molecule has 0 saturated carbocycles. The first-order chi connectivity index (χ1) is 13.2. The molecule has 0 atom stereocenters. The molecule has 0 spiro atoms. The lowest BCUT2D eigenvalue weighted by Crippen LogP contribution is -1.79. The van der Waals surface area contributed by atoms with Gasteiger partial charge in [0, 0.05) is 22.3 Å². The second kappa shape index (κ2) is 11.1. The van der Waals surface area contributed by atoms with Crippen molar-refractivity contribution in [3.8, 4) is 35.5 Å². The van der Waals surface area contributed by atoms with Crippen molar-refractivity contribution in [2.24, 2.45) is 0 Å². The molecule has 3 aromatic rings. The molecular weight excluding hydrogens is 324 g/mol. The zero-order valence-corrected chi connectivity index (χ0v) is 16.0. The van der Waals surface area contributed by atoms with Crippen LogP contribution in [0.5, 0.6) is 0 Å². The smallest absolute Gasteiger partial charge is 0.0261 e. The predicted molar refractivity (Wildman–Crippen MR) is 115 cm³/mol. The molecule has 0 heteroatoms. The fourth-order valence-electron chi connectivity index (χ4n) is 2.35. The summed E-state index contributed by atoms with van der Waals surface area (Å²) >= 11 is 0. The van der Waals surface area contributed by atoms with Gasteiger partial charge in [-0.1, -0.05) is 60.1 Å². The Hall–Kier alpha value is -3.66. The van der Waals surface area contributed by atoms with Gasteiger partial charge in [-0.2, -0.15) is 0 Å². The zero-order valence-electron chi connectivity index (χ0n) is 16.0. The molecule has 0 fully saturated rings. The van der Waals surface area contributed by atoms with Crippen LogP contribution in [-0.4, -0.2) is 0 Å². The van der Waals surface area contributed by atoms with Crippen molar-refractivity contribution in [2.45, 2.75) is 20.8 Å². The van der Waals surface area contributed by atoms with Gasteiger partial charge in [0.15, 0.2) is 0 Å². The first kappa shape index (κ1) is 19.7. The monoisotopic (exact) mass is 346 g/mol. The van der Waals surface area contributed by atoms with Crippen LogP contribution in [-0.2, 0) is 0 Å². The molecule has 3 rings (SSSR count). The molecule has 27 heavy (non-hydrogen) atoms. The largest absolute Gasteiger partial charge is 0.101 e. The third-order valence-corrected chi connectivity index (χ3v) is 3.54. The van der Waals surface area contributed by atoms with Gasteiger partial charge in [0.1, 0.15) is 0 Å². The molecule has 0 aromatic heterocycles. The highest BCUT2D eigenvalue weighted by Crippen LogP contribution is 2.05. The van der Waals surface area contributed by atoms with E-state index in [1.165, 1.54) is 5.56 Å². The third kappa shape index (κ3) is 7.40. The lowest BCUT2D eigenvalue weighted by Gasteiger charge is -1.94. The van der Waals surface area contributed by atoms with Crippen LogP contribution in [0.4, 0.5) is 0 Å². The number of aryl methyl sites for hydroxylation is 1. The predicted octanol–water partition coefficient (Wildman–Crippen LogP) is 5.82. The van der Waals surface area contributed by atoms with E-state index in [0.29, 0.717) is 0 Å². The lowest BCUT2D eigenvalue weighted by molar-refractivity contribution is 1.45. The van der Waals surface area contributed by atoms with Crippen molar-refractivity contribution in [1.29, 1.82) is 0 Å². The van der Waals surface area contributed by atoms with Crippen LogP contribution in [0.1, 0.15) is 41.7 Å². The van der Waals surface area contributed by atoms with Crippen LogP contribution in [0.3, 0.4) is 0 Å². The standard InChI is InChI=1S/C18H14.C9H8/c1-3-6-16-9-5-10-18(14-16)12-11-17-8-4-7-15(2)13-17;1-2-6-9-7-4-3-5-8-9/h4-5,7-10,13-14H,1-2H3;3-5,7-8H,1H3. The Labute approximate surface area is 163 Å². The summed E-state index contributed by atoms with van der Waals surface area (Å²) in [6.45, 7) is 5.75. The number of benzene rings is 3. The zero-order chi connectivity index (χ0) is 19.3. The van der Waals surface area contributed by atoms with E-state index in [1.807, 2.05) is 80.6 Å². The highest BCUT2D eigenvalue weighted by Gasteiger charge is 1.90. The summed E-state index contributed by atoms with van der Waals surface area (Å²) in [7, 11) is 0. The van der Waals surface area contributed by atoms with Crippen LogP contribution >= 0.6 is 0 Å². The van der Waals surface area contributed by atoms with Crippen molar-refractivity contribution in [3.63, 3.8) is 0 Å².